The molecule has 0 N–H and O–H groups in total. The van der Waals surface area contributed by atoms with Gasteiger partial charge in [0.2, 0.25) is 0 Å². The SMILES string of the molecule is Cc1cc(C)c2sc(N(Cc3ccccn3)C(=O)c3ccc(S(=O)(=O)N(C)c4ccccc4)cc3)nc2c1. The molecule has 0 atom stereocenters. The van der Waals surface area contributed by atoms with Gasteiger partial charge in [0.25, 0.3) is 15.9 Å². The summed E-state index contributed by atoms with van der Waals surface area (Å²) in [7, 11) is -2.28. The molecule has 0 bridgehead atoms. The molecule has 0 saturated heterocycles. The second-order valence-corrected chi connectivity index (χ2v) is 11.9. The van der Waals surface area contributed by atoms with Crippen molar-refractivity contribution in [2.24, 2.45) is 0 Å². The highest BCUT2D eigenvalue weighted by molar-refractivity contribution is 7.92. The quantitative estimate of drug-likeness (QED) is 0.253. The van der Waals surface area contributed by atoms with E-state index in [1.54, 1.807) is 47.5 Å². The standard InChI is InChI=1S/C29H26N4O3S2/c1-20-17-21(2)27-26(18-20)31-29(37-27)33(19-23-9-7-8-16-30-23)28(34)22-12-14-25(15-13-22)38(35,36)32(3)24-10-5-4-6-11-24/h4-18H,19H2,1-3H3. The van der Waals surface area contributed by atoms with Gasteiger partial charge in [-0.25, -0.2) is 13.4 Å². The number of rotatable bonds is 7. The van der Waals surface area contributed by atoms with Crippen molar-refractivity contribution in [3.05, 3.63) is 114 Å². The first-order valence-electron chi connectivity index (χ1n) is 12.0. The summed E-state index contributed by atoms with van der Waals surface area (Å²) in [6.45, 7) is 4.29. The van der Waals surface area contributed by atoms with Crippen LogP contribution < -0.4 is 9.21 Å². The molecule has 0 spiro atoms. The van der Waals surface area contributed by atoms with Crippen molar-refractivity contribution in [3.63, 3.8) is 0 Å². The molecule has 0 radical (unpaired) electrons. The smallest absolute Gasteiger partial charge is 0.264 e. The van der Waals surface area contributed by atoms with Crippen molar-refractivity contribution in [1.82, 2.24) is 9.97 Å². The van der Waals surface area contributed by atoms with Gasteiger partial charge in [0, 0.05) is 18.8 Å². The summed E-state index contributed by atoms with van der Waals surface area (Å²) in [5, 5.41) is 0.560. The van der Waals surface area contributed by atoms with Crippen LogP contribution in [0.5, 0.6) is 0 Å². The maximum Gasteiger partial charge on any atom is 0.264 e. The highest BCUT2D eigenvalue weighted by Crippen LogP contribution is 2.33. The van der Waals surface area contributed by atoms with E-state index in [4.69, 9.17) is 4.98 Å². The number of benzene rings is 3. The van der Waals surface area contributed by atoms with Gasteiger partial charge in [-0.2, -0.15) is 0 Å². The summed E-state index contributed by atoms with van der Waals surface area (Å²) in [6, 6.07) is 24.5. The Morgan fingerprint density at radius 2 is 1.63 bits per heavy atom. The zero-order chi connectivity index (χ0) is 26.9. The summed E-state index contributed by atoms with van der Waals surface area (Å²) in [5.41, 5.74) is 4.67. The number of hydrogen-bond donors (Lipinski definition) is 0. The van der Waals surface area contributed by atoms with Gasteiger partial charge < -0.3 is 0 Å². The van der Waals surface area contributed by atoms with E-state index in [2.05, 4.69) is 11.1 Å². The number of carbonyl (C=O) groups excluding carboxylic acids is 1. The van der Waals surface area contributed by atoms with Gasteiger partial charge in [-0.1, -0.05) is 41.7 Å². The molecule has 7 nitrogen and oxygen atoms in total. The van der Waals surface area contributed by atoms with Crippen LogP contribution >= 0.6 is 11.3 Å². The number of anilines is 2. The van der Waals surface area contributed by atoms with Crippen LogP contribution in [0, 0.1) is 13.8 Å². The Balaban J connectivity index is 1.49. The second kappa shape index (κ2) is 10.4. The van der Waals surface area contributed by atoms with Gasteiger partial charge >= 0.3 is 0 Å². The molecule has 3 aromatic carbocycles. The van der Waals surface area contributed by atoms with Crippen LogP contribution in [-0.2, 0) is 16.6 Å². The molecule has 192 valence electrons. The number of fused-ring (bicyclic) bond motifs is 1. The Morgan fingerprint density at radius 1 is 0.921 bits per heavy atom. The number of nitrogens with zero attached hydrogens (tertiary/aromatic N) is 4. The monoisotopic (exact) mass is 542 g/mol. The Kier molecular flexibility index (Phi) is 6.96. The van der Waals surface area contributed by atoms with Gasteiger partial charge in [-0.15, -0.1) is 0 Å². The molecule has 0 fully saturated rings. The fourth-order valence-corrected chi connectivity index (χ4v) is 6.43. The summed E-state index contributed by atoms with van der Waals surface area (Å²) in [6.07, 6.45) is 1.69. The zero-order valence-electron chi connectivity index (χ0n) is 21.2. The predicted octanol–water partition coefficient (Wildman–Crippen LogP) is 5.98. The van der Waals surface area contributed by atoms with E-state index in [1.807, 2.05) is 44.2 Å². The molecule has 0 unspecified atom stereocenters. The van der Waals surface area contributed by atoms with E-state index in [0.29, 0.717) is 16.4 Å². The van der Waals surface area contributed by atoms with E-state index in [9.17, 15) is 13.2 Å². The van der Waals surface area contributed by atoms with Crippen LogP contribution in [0.25, 0.3) is 10.2 Å². The van der Waals surface area contributed by atoms with Gasteiger partial charge in [0.15, 0.2) is 5.13 Å². The van der Waals surface area contributed by atoms with Crippen LogP contribution in [0.4, 0.5) is 10.8 Å². The molecule has 0 saturated carbocycles. The number of thiazole rings is 1. The van der Waals surface area contributed by atoms with Crippen molar-refractivity contribution in [1.29, 1.82) is 0 Å². The maximum atomic E-state index is 13.8. The number of pyridine rings is 1. The summed E-state index contributed by atoms with van der Waals surface area (Å²) < 4.78 is 28.6. The van der Waals surface area contributed by atoms with Gasteiger partial charge in [-0.05, 0) is 79.6 Å². The number of aromatic nitrogens is 2. The number of aryl methyl sites for hydroxylation is 2. The lowest BCUT2D eigenvalue weighted by molar-refractivity contribution is 0.0984. The number of hydrogen-bond acceptors (Lipinski definition) is 6. The third-order valence-electron chi connectivity index (χ3n) is 6.21. The molecular formula is C29H26N4O3S2. The Morgan fingerprint density at radius 3 is 2.32 bits per heavy atom. The largest absolute Gasteiger partial charge is 0.278 e. The first-order chi connectivity index (χ1) is 18.2. The van der Waals surface area contributed by atoms with Gasteiger partial charge in [0.05, 0.1) is 33.0 Å². The molecular weight excluding hydrogens is 516 g/mol. The lowest BCUT2D eigenvalue weighted by atomic mass is 10.1. The molecule has 9 heteroatoms. The molecule has 5 aromatic rings. The minimum Gasteiger partial charge on any atom is -0.278 e. The molecule has 2 aromatic heterocycles. The van der Waals surface area contributed by atoms with Crippen molar-refractivity contribution < 1.29 is 13.2 Å². The topological polar surface area (TPSA) is 83.5 Å². The Bertz CT molecular complexity index is 1700. The van der Waals surface area contributed by atoms with Crippen LogP contribution in [0.15, 0.2) is 96.0 Å². The average Bonchev–Trinajstić information content (AvgIpc) is 3.36. The van der Waals surface area contributed by atoms with Crippen molar-refractivity contribution in [2.75, 3.05) is 16.3 Å². The predicted molar refractivity (Wildman–Crippen MR) is 152 cm³/mol. The van der Waals surface area contributed by atoms with E-state index in [1.165, 1.54) is 34.8 Å². The fourth-order valence-electron chi connectivity index (χ4n) is 4.22. The normalized spacial score (nSPS) is 11.4. The van der Waals surface area contributed by atoms with Gasteiger partial charge in [0.1, 0.15) is 0 Å². The summed E-state index contributed by atoms with van der Waals surface area (Å²) >= 11 is 1.46. The zero-order valence-corrected chi connectivity index (χ0v) is 22.8. The molecule has 38 heavy (non-hydrogen) atoms. The highest BCUT2D eigenvalue weighted by Gasteiger charge is 2.25. The number of para-hydroxylation sites is 1. The number of sulfonamides is 1. The van der Waals surface area contributed by atoms with E-state index in [-0.39, 0.29) is 17.3 Å². The van der Waals surface area contributed by atoms with Crippen molar-refractivity contribution in [3.8, 4) is 0 Å². The van der Waals surface area contributed by atoms with E-state index >= 15 is 0 Å². The minimum absolute atomic E-state index is 0.0998. The molecule has 2 heterocycles. The third-order valence-corrected chi connectivity index (χ3v) is 9.24. The first kappa shape index (κ1) is 25.6. The summed E-state index contributed by atoms with van der Waals surface area (Å²) in [5.74, 6) is -0.288. The number of carbonyl (C=O) groups is 1. The van der Waals surface area contributed by atoms with Crippen LogP contribution in [0.2, 0.25) is 0 Å². The van der Waals surface area contributed by atoms with Crippen LogP contribution in [0.3, 0.4) is 0 Å². The molecule has 0 aliphatic heterocycles. The highest BCUT2D eigenvalue weighted by atomic mass is 32.2. The summed E-state index contributed by atoms with van der Waals surface area (Å²) in [4.78, 5) is 24.7. The molecule has 0 aliphatic rings. The van der Waals surface area contributed by atoms with Crippen LogP contribution in [-0.4, -0.2) is 31.3 Å². The minimum atomic E-state index is -3.79. The average molecular weight is 543 g/mol. The lowest BCUT2D eigenvalue weighted by Gasteiger charge is -2.21. The Hall–Kier alpha value is -4.08. The fraction of sp³-hybridized carbons (Fsp3) is 0.138. The lowest BCUT2D eigenvalue weighted by Crippen LogP contribution is -2.31. The van der Waals surface area contributed by atoms with Crippen molar-refractivity contribution in [2.45, 2.75) is 25.3 Å². The molecule has 1 amide bonds. The van der Waals surface area contributed by atoms with Crippen LogP contribution in [0.1, 0.15) is 27.2 Å². The van der Waals surface area contributed by atoms with E-state index in [0.717, 1.165) is 27.0 Å². The van der Waals surface area contributed by atoms with E-state index < -0.39 is 10.0 Å². The second-order valence-electron chi connectivity index (χ2n) is 8.97. The Labute approximate surface area is 226 Å². The first-order valence-corrected chi connectivity index (χ1v) is 14.2. The van der Waals surface area contributed by atoms with Crippen molar-refractivity contribution >= 4 is 48.3 Å². The third kappa shape index (κ3) is 5.03. The van der Waals surface area contributed by atoms with Gasteiger partial charge in [-0.3, -0.25) is 19.0 Å². The molecule has 0 aliphatic carbocycles. The molecule has 5 rings (SSSR count). The number of amides is 1. The maximum absolute atomic E-state index is 13.8.